The van der Waals surface area contributed by atoms with Crippen molar-refractivity contribution in [2.24, 2.45) is 0 Å². The molecule has 4 heteroatoms. The first-order valence-corrected chi connectivity index (χ1v) is 6.77. The minimum atomic E-state index is -2.23. The zero-order valence-electron chi connectivity index (χ0n) is 9.78. The minimum absolute atomic E-state index is 0.0327. The second-order valence-corrected chi connectivity index (χ2v) is 4.72. The summed E-state index contributed by atoms with van der Waals surface area (Å²) in [6, 6.07) is 19.8. The van der Waals surface area contributed by atoms with E-state index < -0.39 is 11.3 Å². The molecule has 0 fully saturated rings. The Morgan fingerprint density at radius 2 is 1.39 bits per heavy atom. The molecule has 0 amide bonds. The van der Waals surface area contributed by atoms with Crippen molar-refractivity contribution in [3.63, 3.8) is 0 Å². The predicted molar refractivity (Wildman–Crippen MR) is 71.6 cm³/mol. The molecule has 2 rings (SSSR count). The highest BCUT2D eigenvalue weighted by atomic mass is 32.2. The van der Waals surface area contributed by atoms with Gasteiger partial charge < -0.3 is 4.55 Å². The van der Waals surface area contributed by atoms with Crippen LogP contribution in [0.1, 0.15) is 17.0 Å². The van der Waals surface area contributed by atoms with Crippen LogP contribution in [0, 0.1) is 0 Å². The molecule has 94 valence electrons. The van der Waals surface area contributed by atoms with Crippen LogP contribution in [0.4, 0.5) is 0 Å². The highest BCUT2D eigenvalue weighted by molar-refractivity contribution is 7.77. The normalized spacial score (nSPS) is 12.6. The van der Waals surface area contributed by atoms with Gasteiger partial charge in [-0.1, -0.05) is 60.7 Å². The predicted octanol–water partition coefficient (Wildman–Crippen LogP) is 2.20. The summed E-state index contributed by atoms with van der Waals surface area (Å²) < 4.78 is 23.8. The van der Waals surface area contributed by atoms with Gasteiger partial charge in [0, 0.05) is 23.7 Å². The van der Waals surface area contributed by atoms with Crippen molar-refractivity contribution < 1.29 is 8.76 Å². The number of nitrogens with one attached hydrogen (secondary N) is 1. The zero-order valence-corrected chi connectivity index (χ0v) is 10.6. The van der Waals surface area contributed by atoms with E-state index >= 15 is 0 Å². The van der Waals surface area contributed by atoms with Crippen LogP contribution in [0.15, 0.2) is 60.7 Å². The number of hydrogen-bond donors (Lipinski definition) is 1. The lowest BCUT2D eigenvalue weighted by Gasteiger charge is -2.19. The van der Waals surface area contributed by atoms with Crippen molar-refractivity contribution in [1.82, 2.24) is 4.72 Å². The average molecular weight is 260 g/mol. The van der Waals surface area contributed by atoms with E-state index in [9.17, 15) is 8.76 Å². The molecule has 0 aromatic heterocycles. The van der Waals surface area contributed by atoms with Crippen molar-refractivity contribution in [3.8, 4) is 0 Å². The lowest BCUT2D eigenvalue weighted by Crippen LogP contribution is -2.24. The largest absolute Gasteiger partial charge is 0.760 e. The summed E-state index contributed by atoms with van der Waals surface area (Å²) in [5, 5.41) is 0. The van der Waals surface area contributed by atoms with Crippen molar-refractivity contribution in [2.75, 3.05) is 6.54 Å². The number of benzene rings is 2. The highest BCUT2D eigenvalue weighted by Gasteiger charge is 2.13. The van der Waals surface area contributed by atoms with Gasteiger partial charge in [-0.15, -0.1) is 0 Å². The Hall–Kier alpha value is -1.49. The van der Waals surface area contributed by atoms with E-state index in [2.05, 4.69) is 4.72 Å². The summed E-state index contributed by atoms with van der Waals surface area (Å²) in [7, 11) is 0. The second-order valence-electron chi connectivity index (χ2n) is 3.96. The number of hydrogen-bond acceptors (Lipinski definition) is 2. The Kier molecular flexibility index (Phi) is 4.64. The second kappa shape index (κ2) is 6.44. The SMILES string of the molecule is O=S([O-])NCC(c1ccccc1)c1ccccc1. The molecule has 1 atom stereocenters. The van der Waals surface area contributed by atoms with Gasteiger partial charge in [0.05, 0.1) is 0 Å². The third-order valence-electron chi connectivity index (χ3n) is 2.81. The lowest BCUT2D eigenvalue weighted by molar-refractivity contribution is 0.520. The molecule has 2 aromatic carbocycles. The fourth-order valence-corrected chi connectivity index (χ4v) is 2.25. The van der Waals surface area contributed by atoms with Crippen LogP contribution < -0.4 is 4.72 Å². The van der Waals surface area contributed by atoms with Crippen LogP contribution in [-0.2, 0) is 11.3 Å². The van der Waals surface area contributed by atoms with Crippen molar-refractivity contribution >= 4 is 11.3 Å². The molecular weight excluding hydrogens is 246 g/mol. The minimum Gasteiger partial charge on any atom is -0.760 e. The molecule has 1 N–H and O–H groups in total. The Morgan fingerprint density at radius 3 is 1.78 bits per heavy atom. The fourth-order valence-electron chi connectivity index (χ4n) is 1.95. The first-order chi connectivity index (χ1) is 8.77. The Morgan fingerprint density at radius 1 is 0.944 bits per heavy atom. The molecule has 1 unspecified atom stereocenters. The van der Waals surface area contributed by atoms with Crippen molar-refractivity contribution in [1.29, 1.82) is 0 Å². The maximum Gasteiger partial charge on any atom is 0.0224 e. The van der Waals surface area contributed by atoms with Gasteiger partial charge in [0.15, 0.2) is 0 Å². The quantitative estimate of drug-likeness (QED) is 0.838. The standard InChI is InChI=1S/C14H15NO2S/c16-18(17)15-11-14(12-7-3-1-4-8-12)13-9-5-2-6-10-13/h1-10,14-15H,11H2,(H,16,17)/p-1. The summed E-state index contributed by atoms with van der Waals surface area (Å²) in [6.45, 7) is 0.365. The van der Waals surface area contributed by atoms with Crippen LogP contribution in [0.2, 0.25) is 0 Å². The molecule has 0 aliphatic rings. The molecule has 0 aliphatic heterocycles. The van der Waals surface area contributed by atoms with E-state index in [1.807, 2.05) is 60.7 Å². The molecule has 0 radical (unpaired) electrons. The summed E-state index contributed by atoms with van der Waals surface area (Å²) in [6.07, 6.45) is 0. The van der Waals surface area contributed by atoms with Gasteiger partial charge in [0.25, 0.3) is 0 Å². The first kappa shape index (κ1) is 13.0. The molecule has 3 nitrogen and oxygen atoms in total. The third kappa shape index (κ3) is 3.50. The van der Waals surface area contributed by atoms with Crippen LogP contribution >= 0.6 is 0 Å². The average Bonchev–Trinajstić information content (AvgIpc) is 2.41. The molecule has 0 saturated heterocycles. The topological polar surface area (TPSA) is 52.2 Å². The zero-order chi connectivity index (χ0) is 12.8. The fraction of sp³-hybridized carbons (Fsp3) is 0.143. The Labute approximate surface area is 109 Å². The maximum absolute atomic E-state index is 10.7. The van der Waals surface area contributed by atoms with Crippen LogP contribution in [0.25, 0.3) is 0 Å². The Balaban J connectivity index is 2.26. The smallest absolute Gasteiger partial charge is 0.0224 e. The highest BCUT2D eigenvalue weighted by Crippen LogP contribution is 2.23. The van der Waals surface area contributed by atoms with Crippen LogP contribution in [-0.4, -0.2) is 15.3 Å². The van der Waals surface area contributed by atoms with Gasteiger partial charge in [-0.25, -0.2) is 4.72 Å². The van der Waals surface area contributed by atoms with Gasteiger partial charge in [-0.05, 0) is 11.1 Å². The van der Waals surface area contributed by atoms with E-state index in [-0.39, 0.29) is 5.92 Å². The van der Waals surface area contributed by atoms with E-state index in [1.54, 1.807) is 0 Å². The Bertz CT molecular complexity index is 462. The molecule has 0 spiro atoms. The van der Waals surface area contributed by atoms with Gasteiger partial charge in [0.1, 0.15) is 0 Å². The lowest BCUT2D eigenvalue weighted by atomic mass is 9.92. The third-order valence-corrected chi connectivity index (χ3v) is 3.21. The number of rotatable bonds is 5. The van der Waals surface area contributed by atoms with Crippen molar-refractivity contribution in [3.05, 3.63) is 71.8 Å². The van der Waals surface area contributed by atoms with E-state index in [4.69, 9.17) is 0 Å². The summed E-state index contributed by atoms with van der Waals surface area (Å²) >= 11 is -2.23. The van der Waals surface area contributed by atoms with Gasteiger partial charge in [-0.3, -0.25) is 4.21 Å². The van der Waals surface area contributed by atoms with Crippen molar-refractivity contribution in [2.45, 2.75) is 5.92 Å². The van der Waals surface area contributed by atoms with E-state index in [0.29, 0.717) is 6.54 Å². The molecule has 2 aromatic rings. The van der Waals surface area contributed by atoms with Gasteiger partial charge in [-0.2, -0.15) is 0 Å². The first-order valence-electron chi connectivity index (χ1n) is 5.70. The molecule has 18 heavy (non-hydrogen) atoms. The molecule has 0 bridgehead atoms. The molecular formula is C14H14NO2S-. The summed E-state index contributed by atoms with van der Waals surface area (Å²) in [4.78, 5) is 0. The maximum atomic E-state index is 10.7. The molecule has 0 heterocycles. The van der Waals surface area contributed by atoms with E-state index in [0.717, 1.165) is 11.1 Å². The van der Waals surface area contributed by atoms with Crippen LogP contribution in [0.5, 0.6) is 0 Å². The molecule has 0 saturated carbocycles. The summed E-state index contributed by atoms with van der Waals surface area (Å²) in [5.41, 5.74) is 2.20. The summed E-state index contributed by atoms with van der Waals surface area (Å²) in [5.74, 6) is 0.0327. The molecule has 0 aliphatic carbocycles. The van der Waals surface area contributed by atoms with Gasteiger partial charge >= 0.3 is 0 Å². The van der Waals surface area contributed by atoms with Gasteiger partial charge in [0.2, 0.25) is 0 Å². The monoisotopic (exact) mass is 260 g/mol. The van der Waals surface area contributed by atoms with E-state index in [1.165, 1.54) is 0 Å². The van der Waals surface area contributed by atoms with Crippen LogP contribution in [0.3, 0.4) is 0 Å².